The Hall–Kier alpha value is -3.26. The molecule has 1 aromatic carbocycles. The second-order valence-corrected chi connectivity index (χ2v) is 8.02. The van der Waals surface area contributed by atoms with E-state index in [2.05, 4.69) is 20.4 Å². The fourth-order valence-corrected chi connectivity index (χ4v) is 4.34. The Kier molecular flexibility index (Phi) is 4.71. The lowest BCUT2D eigenvalue weighted by atomic mass is 10.0. The van der Waals surface area contributed by atoms with Crippen molar-refractivity contribution in [1.29, 1.82) is 0 Å². The van der Waals surface area contributed by atoms with Gasteiger partial charge in [0, 0.05) is 18.0 Å². The highest BCUT2D eigenvalue weighted by Gasteiger charge is 2.36. The van der Waals surface area contributed by atoms with Gasteiger partial charge < -0.3 is 15.2 Å². The van der Waals surface area contributed by atoms with Crippen LogP contribution in [0.15, 0.2) is 42.9 Å². The van der Waals surface area contributed by atoms with E-state index in [0.717, 1.165) is 48.2 Å². The van der Waals surface area contributed by atoms with Crippen LogP contribution in [0.4, 0.5) is 11.6 Å². The third-order valence-corrected chi connectivity index (χ3v) is 5.87. The molecule has 2 bridgehead atoms. The van der Waals surface area contributed by atoms with Crippen LogP contribution in [0.2, 0.25) is 0 Å². The lowest BCUT2D eigenvalue weighted by Crippen LogP contribution is -2.27. The van der Waals surface area contributed by atoms with Crippen LogP contribution >= 0.6 is 0 Å². The highest BCUT2D eigenvalue weighted by atomic mass is 16.5. The normalized spacial score (nSPS) is 22.8. The Morgan fingerprint density at radius 1 is 1.17 bits per heavy atom. The van der Waals surface area contributed by atoms with Crippen molar-refractivity contribution in [2.45, 2.75) is 50.9 Å². The number of benzene rings is 1. The molecule has 2 unspecified atom stereocenters. The zero-order chi connectivity index (χ0) is 20.7. The van der Waals surface area contributed by atoms with Gasteiger partial charge in [0.2, 0.25) is 5.95 Å². The zero-order valence-corrected chi connectivity index (χ0v) is 16.7. The van der Waals surface area contributed by atoms with E-state index in [-0.39, 0.29) is 5.56 Å². The molecule has 0 radical (unpaired) electrons. The number of anilines is 2. The van der Waals surface area contributed by atoms with Crippen LogP contribution in [-0.2, 0) is 4.74 Å². The molecule has 5 rings (SSSR count). The molecule has 0 amide bonds. The second-order valence-electron chi connectivity index (χ2n) is 8.02. The quantitative estimate of drug-likeness (QED) is 0.662. The predicted octanol–water partition coefficient (Wildman–Crippen LogP) is 3.97. The standard InChI is InChI=1S/C22H23N5O3/c1-13-10-23-22(26-20(13)14-2-4-15(5-3-14)21(28)29)25-16-11-24-27(12-16)17-8-18-6-7-19(9-17)30-18/h2-5,10-12,17-19H,6-9H2,1H3,(H,28,29)(H,23,25,26). The Morgan fingerprint density at radius 3 is 2.60 bits per heavy atom. The minimum atomic E-state index is -0.946. The van der Waals surface area contributed by atoms with Crippen molar-refractivity contribution in [3.8, 4) is 11.3 Å². The van der Waals surface area contributed by atoms with E-state index >= 15 is 0 Å². The highest BCUT2D eigenvalue weighted by Crippen LogP contribution is 2.38. The maximum absolute atomic E-state index is 11.1. The number of nitrogens with one attached hydrogen (secondary N) is 1. The van der Waals surface area contributed by atoms with Gasteiger partial charge >= 0.3 is 5.97 Å². The first kappa shape index (κ1) is 18.7. The summed E-state index contributed by atoms with van der Waals surface area (Å²) < 4.78 is 7.95. The van der Waals surface area contributed by atoms with Gasteiger partial charge in [0.1, 0.15) is 0 Å². The Bertz CT molecular complexity index is 1070. The molecule has 8 heteroatoms. The third-order valence-electron chi connectivity index (χ3n) is 5.87. The molecule has 3 aromatic rings. The first-order valence-corrected chi connectivity index (χ1v) is 10.2. The average molecular weight is 405 g/mol. The molecule has 2 saturated heterocycles. The van der Waals surface area contributed by atoms with E-state index in [4.69, 9.17) is 9.84 Å². The van der Waals surface area contributed by atoms with Gasteiger partial charge in [0.25, 0.3) is 0 Å². The predicted molar refractivity (Wildman–Crippen MR) is 111 cm³/mol. The van der Waals surface area contributed by atoms with E-state index in [1.54, 1.807) is 36.7 Å². The lowest BCUT2D eigenvalue weighted by Gasteiger charge is -2.28. The van der Waals surface area contributed by atoms with Gasteiger partial charge in [-0.2, -0.15) is 5.10 Å². The van der Waals surface area contributed by atoms with E-state index < -0.39 is 5.97 Å². The van der Waals surface area contributed by atoms with Crippen molar-refractivity contribution >= 4 is 17.6 Å². The van der Waals surface area contributed by atoms with Gasteiger partial charge in [-0.25, -0.2) is 14.8 Å². The number of hydrogen-bond donors (Lipinski definition) is 2. The number of rotatable bonds is 5. The summed E-state index contributed by atoms with van der Waals surface area (Å²) in [5, 5.41) is 16.9. The summed E-state index contributed by atoms with van der Waals surface area (Å²) in [7, 11) is 0. The number of fused-ring (bicyclic) bond motifs is 2. The average Bonchev–Trinajstić information content (AvgIpc) is 3.35. The SMILES string of the molecule is Cc1cnc(Nc2cnn(C3CC4CCC(C3)O4)c2)nc1-c1ccc(C(=O)O)cc1. The fourth-order valence-electron chi connectivity index (χ4n) is 4.34. The number of aromatic carboxylic acids is 1. The van der Waals surface area contributed by atoms with E-state index in [1.165, 1.54) is 0 Å². The number of nitrogens with zero attached hydrogens (tertiary/aromatic N) is 4. The van der Waals surface area contributed by atoms with Gasteiger partial charge in [-0.15, -0.1) is 0 Å². The van der Waals surface area contributed by atoms with E-state index in [1.807, 2.05) is 17.8 Å². The van der Waals surface area contributed by atoms with Crippen LogP contribution in [0.25, 0.3) is 11.3 Å². The van der Waals surface area contributed by atoms with Crippen molar-refractivity contribution in [1.82, 2.24) is 19.7 Å². The molecule has 154 valence electrons. The molecular formula is C22H23N5O3. The maximum Gasteiger partial charge on any atom is 0.335 e. The topological polar surface area (TPSA) is 102 Å². The lowest BCUT2D eigenvalue weighted by molar-refractivity contribution is -0.0180. The molecule has 4 heterocycles. The summed E-state index contributed by atoms with van der Waals surface area (Å²) >= 11 is 0. The Balaban J connectivity index is 1.34. The minimum Gasteiger partial charge on any atom is -0.478 e. The summed E-state index contributed by atoms with van der Waals surface area (Å²) in [4.78, 5) is 20.1. The largest absolute Gasteiger partial charge is 0.478 e. The molecular weight excluding hydrogens is 382 g/mol. The molecule has 2 fully saturated rings. The molecule has 2 N–H and O–H groups in total. The van der Waals surface area contributed by atoms with E-state index in [9.17, 15) is 4.79 Å². The van der Waals surface area contributed by atoms with Gasteiger partial charge in [-0.05, 0) is 50.3 Å². The van der Waals surface area contributed by atoms with Crippen LogP contribution in [0.1, 0.15) is 47.6 Å². The van der Waals surface area contributed by atoms with Crippen LogP contribution in [0.3, 0.4) is 0 Å². The first-order valence-electron chi connectivity index (χ1n) is 10.2. The van der Waals surface area contributed by atoms with E-state index in [0.29, 0.717) is 24.2 Å². The number of carboxylic acids is 1. The van der Waals surface area contributed by atoms with Crippen molar-refractivity contribution < 1.29 is 14.6 Å². The summed E-state index contributed by atoms with van der Waals surface area (Å²) in [5.74, 6) is -0.470. The van der Waals surface area contributed by atoms with Crippen LogP contribution < -0.4 is 5.32 Å². The summed E-state index contributed by atoms with van der Waals surface area (Å²) in [6, 6.07) is 7.06. The van der Waals surface area contributed by atoms with Gasteiger partial charge in [0.15, 0.2) is 0 Å². The number of hydrogen-bond acceptors (Lipinski definition) is 6. The first-order chi connectivity index (χ1) is 14.5. The second kappa shape index (κ2) is 7.53. The molecule has 2 aliphatic heterocycles. The number of carboxylic acid groups (broad SMARTS) is 1. The van der Waals surface area contributed by atoms with Crippen molar-refractivity contribution in [3.63, 3.8) is 0 Å². The van der Waals surface area contributed by atoms with Crippen molar-refractivity contribution in [3.05, 3.63) is 54.0 Å². The minimum absolute atomic E-state index is 0.248. The smallest absolute Gasteiger partial charge is 0.335 e. The van der Waals surface area contributed by atoms with Gasteiger partial charge in [0.05, 0.1) is 41.4 Å². The molecule has 0 spiro atoms. The summed E-state index contributed by atoms with van der Waals surface area (Å²) in [6.45, 7) is 1.93. The number of ether oxygens (including phenoxy) is 1. The number of aromatic nitrogens is 4. The molecule has 0 saturated carbocycles. The molecule has 2 atom stereocenters. The van der Waals surface area contributed by atoms with Gasteiger partial charge in [-0.3, -0.25) is 4.68 Å². The monoisotopic (exact) mass is 405 g/mol. The van der Waals surface area contributed by atoms with Crippen LogP contribution in [-0.4, -0.2) is 43.0 Å². The number of carbonyl (C=O) groups is 1. The Morgan fingerprint density at radius 2 is 1.90 bits per heavy atom. The van der Waals surface area contributed by atoms with Crippen molar-refractivity contribution in [2.75, 3.05) is 5.32 Å². The molecule has 30 heavy (non-hydrogen) atoms. The summed E-state index contributed by atoms with van der Waals surface area (Å²) in [5.41, 5.74) is 3.61. The van der Waals surface area contributed by atoms with Crippen molar-refractivity contribution in [2.24, 2.45) is 0 Å². The summed E-state index contributed by atoms with van der Waals surface area (Å²) in [6.07, 6.45) is 10.6. The molecule has 0 aliphatic carbocycles. The van der Waals surface area contributed by atoms with Gasteiger partial charge in [-0.1, -0.05) is 12.1 Å². The number of aryl methyl sites for hydroxylation is 1. The maximum atomic E-state index is 11.1. The molecule has 2 aliphatic rings. The Labute approximate surface area is 173 Å². The zero-order valence-electron chi connectivity index (χ0n) is 16.7. The molecule has 2 aromatic heterocycles. The molecule has 8 nitrogen and oxygen atoms in total. The third kappa shape index (κ3) is 3.66. The van der Waals surface area contributed by atoms with Crippen LogP contribution in [0.5, 0.6) is 0 Å². The fraction of sp³-hybridized carbons (Fsp3) is 0.364. The highest BCUT2D eigenvalue weighted by molar-refractivity contribution is 5.88. The van der Waals surface area contributed by atoms with Crippen LogP contribution in [0, 0.1) is 6.92 Å².